The molecule has 3 aliphatic rings. The number of para-hydroxylation sites is 1. The van der Waals surface area contributed by atoms with E-state index in [0.29, 0.717) is 37.9 Å². The zero-order valence-corrected chi connectivity index (χ0v) is 40.2. The second-order valence-corrected chi connectivity index (χ2v) is 20.4. The third-order valence-electron chi connectivity index (χ3n) is 12.5. The summed E-state index contributed by atoms with van der Waals surface area (Å²) >= 11 is 6.42. The maximum atomic E-state index is 13.8. The number of amides is 1. The van der Waals surface area contributed by atoms with Gasteiger partial charge in [0.25, 0.3) is 0 Å². The maximum Gasteiger partial charge on any atom is 0.234 e. The van der Waals surface area contributed by atoms with Crippen LogP contribution in [-0.4, -0.2) is 154 Å². The normalized spacial score (nSPS) is 17.3. The summed E-state index contributed by atoms with van der Waals surface area (Å²) in [5.74, 6) is 2.08. The van der Waals surface area contributed by atoms with Gasteiger partial charge in [-0.05, 0) is 81.3 Å². The number of ether oxygens (including phenoxy) is 1. The van der Waals surface area contributed by atoms with E-state index in [2.05, 4.69) is 65.7 Å². The zero-order chi connectivity index (χ0) is 47.5. The number of piperidine rings is 1. The van der Waals surface area contributed by atoms with Crippen molar-refractivity contribution in [3.8, 4) is 0 Å². The fraction of sp³-hybridized carbons (Fsp3) is 0.438. The summed E-state index contributed by atoms with van der Waals surface area (Å²) in [6.07, 6.45) is 5.14. The van der Waals surface area contributed by atoms with Crippen LogP contribution in [0.2, 0.25) is 5.02 Å². The summed E-state index contributed by atoms with van der Waals surface area (Å²) in [7, 11) is -3.55. The van der Waals surface area contributed by atoms with E-state index in [4.69, 9.17) is 16.3 Å². The van der Waals surface area contributed by atoms with Crippen LogP contribution in [-0.2, 0) is 19.4 Å². The molecule has 3 aromatic carbocycles. The van der Waals surface area contributed by atoms with Gasteiger partial charge in [0, 0.05) is 108 Å². The highest BCUT2D eigenvalue weighted by atomic mass is 35.5. The molecule has 4 N–H and O–H groups in total. The van der Waals surface area contributed by atoms with Gasteiger partial charge < -0.3 is 40.7 Å². The number of anilines is 8. The number of aromatic nitrogens is 4. The number of halogens is 2. The topological polar surface area (TPSA) is 176 Å². The third-order valence-corrected chi connectivity index (χ3v) is 14.9. The Morgan fingerprint density at radius 2 is 1.59 bits per heavy atom. The van der Waals surface area contributed by atoms with Gasteiger partial charge in [-0.3, -0.25) is 14.6 Å². The minimum absolute atomic E-state index is 0.00571. The molecule has 0 unspecified atom stereocenters. The van der Waals surface area contributed by atoms with Crippen LogP contribution in [0.15, 0.2) is 96.3 Å². The Morgan fingerprint density at radius 3 is 2.37 bits per heavy atom. The van der Waals surface area contributed by atoms with E-state index in [0.717, 1.165) is 114 Å². The van der Waals surface area contributed by atoms with E-state index in [1.54, 1.807) is 56.6 Å². The van der Waals surface area contributed by atoms with Crippen LogP contribution in [0.4, 0.5) is 50.5 Å². The molecule has 362 valence electrons. The predicted molar refractivity (Wildman–Crippen MR) is 267 cm³/mol. The molecule has 0 aliphatic carbocycles. The standard InChI is InChI=1S/C48H61ClFN13O4S/c1-35(2)68(65,66)43-11-4-3-10-42(43)57-47-41(49)31-52-48(58-47)56-37-12-14-39(15-13-37)61-22-20-60(21-23-61)33-46(64)51-16-27-67-28-26-59-18-24-62(25-19-59)45-30-44(53-34-54-45)55-38-8-6-17-63(32-38)40-9-5-7-36(50)29-40/h3-5,7,9-15,29-31,34-35,38H,6,8,16-28,32-33H2,1-2H3,(H,51,64)(H,53,54,55)(H2,52,56,57,58)/t38-/m1/s1. The highest BCUT2D eigenvalue weighted by molar-refractivity contribution is 7.92. The van der Waals surface area contributed by atoms with Gasteiger partial charge in [-0.25, -0.2) is 27.8 Å². The van der Waals surface area contributed by atoms with E-state index in [-0.39, 0.29) is 33.5 Å². The summed E-state index contributed by atoms with van der Waals surface area (Å²) in [5, 5.41) is 12.6. The number of hydrogen-bond donors (Lipinski definition) is 4. The van der Waals surface area contributed by atoms with Gasteiger partial charge in [0.05, 0.1) is 41.8 Å². The van der Waals surface area contributed by atoms with E-state index >= 15 is 0 Å². The summed E-state index contributed by atoms with van der Waals surface area (Å²) in [5.41, 5.74) is 3.14. The molecule has 0 radical (unpaired) electrons. The first-order valence-electron chi connectivity index (χ1n) is 23.3. The Hall–Kier alpha value is -5.86. The maximum absolute atomic E-state index is 13.8. The largest absolute Gasteiger partial charge is 0.378 e. The summed E-state index contributed by atoms with van der Waals surface area (Å²) < 4.78 is 45.7. The van der Waals surface area contributed by atoms with Crippen molar-refractivity contribution in [2.45, 2.75) is 42.9 Å². The molecule has 2 aromatic heterocycles. The van der Waals surface area contributed by atoms with Crippen molar-refractivity contribution in [2.75, 3.05) is 129 Å². The Balaban J connectivity index is 0.687. The number of sulfone groups is 1. The van der Waals surface area contributed by atoms with Gasteiger partial charge in [-0.1, -0.05) is 29.8 Å². The van der Waals surface area contributed by atoms with Gasteiger partial charge in [-0.15, -0.1) is 0 Å². The van der Waals surface area contributed by atoms with Crippen LogP contribution in [0, 0.1) is 5.82 Å². The lowest BCUT2D eigenvalue weighted by atomic mass is 10.0. The molecule has 68 heavy (non-hydrogen) atoms. The fourth-order valence-electron chi connectivity index (χ4n) is 8.59. The van der Waals surface area contributed by atoms with Gasteiger partial charge in [0.1, 0.15) is 28.8 Å². The minimum atomic E-state index is -3.55. The van der Waals surface area contributed by atoms with Crippen LogP contribution in [0.1, 0.15) is 26.7 Å². The quantitative estimate of drug-likeness (QED) is 0.0721. The Labute approximate surface area is 403 Å². The monoisotopic (exact) mass is 969 g/mol. The first-order valence-corrected chi connectivity index (χ1v) is 25.3. The van der Waals surface area contributed by atoms with Crippen molar-refractivity contribution in [2.24, 2.45) is 0 Å². The summed E-state index contributed by atoms with van der Waals surface area (Å²) in [4.78, 5) is 42.2. The Morgan fingerprint density at radius 1 is 0.824 bits per heavy atom. The van der Waals surface area contributed by atoms with Crippen LogP contribution in [0.5, 0.6) is 0 Å². The van der Waals surface area contributed by atoms with E-state index in [9.17, 15) is 17.6 Å². The highest BCUT2D eigenvalue weighted by Crippen LogP contribution is 2.31. The van der Waals surface area contributed by atoms with Crippen molar-refractivity contribution >= 4 is 73.5 Å². The zero-order valence-electron chi connectivity index (χ0n) is 38.7. The van der Waals surface area contributed by atoms with Gasteiger partial charge in [-0.2, -0.15) is 4.98 Å². The number of carbonyl (C=O) groups is 1. The van der Waals surface area contributed by atoms with Gasteiger partial charge in [0.15, 0.2) is 15.7 Å². The predicted octanol–water partition coefficient (Wildman–Crippen LogP) is 5.89. The van der Waals surface area contributed by atoms with Crippen molar-refractivity contribution in [3.63, 3.8) is 0 Å². The highest BCUT2D eigenvalue weighted by Gasteiger charge is 2.25. The number of rotatable bonds is 19. The molecular formula is C48H61ClFN13O4S. The van der Waals surface area contributed by atoms with Gasteiger partial charge in [0.2, 0.25) is 11.9 Å². The Kier molecular flexibility index (Phi) is 16.4. The first-order chi connectivity index (χ1) is 33.0. The molecule has 3 saturated heterocycles. The number of nitrogens with one attached hydrogen (secondary N) is 4. The average molecular weight is 971 g/mol. The van der Waals surface area contributed by atoms with Crippen LogP contribution >= 0.6 is 11.6 Å². The number of carbonyl (C=O) groups excluding carboxylic acids is 1. The number of benzene rings is 3. The summed E-state index contributed by atoms with van der Waals surface area (Å²) in [6.45, 7) is 14.3. The first kappa shape index (κ1) is 48.6. The molecule has 0 saturated carbocycles. The smallest absolute Gasteiger partial charge is 0.234 e. The van der Waals surface area contributed by atoms with E-state index in [1.807, 2.05) is 36.4 Å². The van der Waals surface area contributed by atoms with Crippen molar-refractivity contribution in [1.29, 1.82) is 0 Å². The molecule has 0 spiro atoms. The second-order valence-electron chi connectivity index (χ2n) is 17.5. The molecule has 0 bridgehead atoms. The average Bonchev–Trinajstić information content (AvgIpc) is 3.34. The molecule has 3 aliphatic heterocycles. The molecule has 3 fully saturated rings. The van der Waals surface area contributed by atoms with Crippen molar-refractivity contribution < 1.29 is 22.3 Å². The molecule has 1 amide bonds. The number of nitrogens with zero attached hydrogens (tertiary/aromatic N) is 9. The molecule has 5 heterocycles. The SMILES string of the molecule is CC(C)S(=O)(=O)c1ccccc1Nc1nc(Nc2ccc(N3CCN(CC(=O)NCCOCCN4CCN(c5cc(N[C@@H]6CCCN(c7cccc(F)c7)C6)ncn5)CC4)CC3)cc2)ncc1Cl. The molecule has 8 rings (SSSR count). The molecule has 17 nitrogen and oxygen atoms in total. The Bertz CT molecular complexity index is 2560. The number of piperazine rings is 2. The lowest BCUT2D eigenvalue weighted by Gasteiger charge is -2.36. The van der Waals surface area contributed by atoms with Crippen LogP contribution in [0.3, 0.4) is 0 Å². The van der Waals surface area contributed by atoms with Crippen molar-refractivity contribution in [3.05, 3.63) is 102 Å². The lowest BCUT2D eigenvalue weighted by Crippen LogP contribution is -2.49. The molecule has 20 heteroatoms. The van der Waals surface area contributed by atoms with E-state index < -0.39 is 15.1 Å². The van der Waals surface area contributed by atoms with Crippen LogP contribution in [0.25, 0.3) is 0 Å². The lowest BCUT2D eigenvalue weighted by molar-refractivity contribution is -0.122. The third kappa shape index (κ3) is 13.0. The fourth-order valence-corrected chi connectivity index (χ4v) is 9.93. The molecule has 5 aromatic rings. The number of hydrogen-bond acceptors (Lipinski definition) is 16. The summed E-state index contributed by atoms with van der Waals surface area (Å²) in [6, 6.07) is 23.7. The van der Waals surface area contributed by atoms with Gasteiger partial charge >= 0.3 is 0 Å². The molecular weight excluding hydrogens is 909 g/mol. The van der Waals surface area contributed by atoms with E-state index in [1.165, 1.54) is 12.3 Å². The van der Waals surface area contributed by atoms with Crippen LogP contribution < -0.4 is 36.0 Å². The van der Waals surface area contributed by atoms with Crippen molar-refractivity contribution in [1.82, 2.24) is 35.1 Å². The molecule has 1 atom stereocenters. The minimum Gasteiger partial charge on any atom is -0.378 e. The second kappa shape index (κ2) is 23.0.